The average Bonchev–Trinajstić information content (AvgIpc) is 2.80. The molecule has 0 aliphatic heterocycles. The van der Waals surface area contributed by atoms with Gasteiger partial charge in [-0.2, -0.15) is 0 Å². The number of ether oxygens (including phenoxy) is 1. The fourth-order valence-electron chi connectivity index (χ4n) is 3.28. The predicted octanol–water partition coefficient (Wildman–Crippen LogP) is 5.10. The molecule has 1 unspecified atom stereocenters. The summed E-state index contributed by atoms with van der Waals surface area (Å²) in [4.78, 5) is 18.1. The van der Waals surface area contributed by atoms with Gasteiger partial charge in [-0.1, -0.05) is 78.9 Å². The molecule has 0 aliphatic carbocycles. The van der Waals surface area contributed by atoms with Gasteiger partial charge in [-0.25, -0.2) is 13.2 Å². The van der Waals surface area contributed by atoms with Crippen molar-refractivity contribution in [2.45, 2.75) is 43.7 Å². The summed E-state index contributed by atoms with van der Waals surface area (Å²) in [5.74, 6) is -0.767. The van der Waals surface area contributed by atoms with Crippen LogP contribution in [0.15, 0.2) is 101 Å². The minimum atomic E-state index is -3.57. The van der Waals surface area contributed by atoms with Crippen LogP contribution in [0.1, 0.15) is 38.3 Å². The van der Waals surface area contributed by atoms with E-state index in [4.69, 9.17) is 9.73 Å². The molecular weight excluding hydrogens is 434 g/mol. The molecule has 3 rings (SSSR count). The van der Waals surface area contributed by atoms with Crippen molar-refractivity contribution in [1.29, 1.82) is 0 Å². The summed E-state index contributed by atoms with van der Waals surface area (Å²) in [5.41, 5.74) is 1.57. The fraction of sp³-hybridized carbons (Fsp3) is 0.259. The van der Waals surface area contributed by atoms with Gasteiger partial charge in [-0.05, 0) is 39.3 Å². The summed E-state index contributed by atoms with van der Waals surface area (Å²) in [6.45, 7) is 5.34. The molecule has 0 fully saturated rings. The Labute approximate surface area is 196 Å². The quantitative estimate of drug-likeness (QED) is 0.344. The van der Waals surface area contributed by atoms with E-state index in [-0.39, 0.29) is 17.1 Å². The van der Waals surface area contributed by atoms with E-state index in [1.165, 1.54) is 0 Å². The van der Waals surface area contributed by atoms with Gasteiger partial charge in [0.15, 0.2) is 9.84 Å². The van der Waals surface area contributed by atoms with Crippen molar-refractivity contribution in [2.75, 3.05) is 5.75 Å². The Morgan fingerprint density at radius 2 is 1.27 bits per heavy atom. The summed E-state index contributed by atoms with van der Waals surface area (Å²) in [6, 6.07) is 26.3. The average molecular weight is 464 g/mol. The summed E-state index contributed by atoms with van der Waals surface area (Å²) in [6.07, 6.45) is 0.00923. The number of benzene rings is 3. The largest absolute Gasteiger partial charge is 0.458 e. The van der Waals surface area contributed by atoms with Crippen LogP contribution in [0.5, 0.6) is 0 Å². The van der Waals surface area contributed by atoms with E-state index < -0.39 is 27.4 Å². The van der Waals surface area contributed by atoms with Gasteiger partial charge in [0.2, 0.25) is 0 Å². The Morgan fingerprint density at radius 3 is 1.73 bits per heavy atom. The highest BCUT2D eigenvalue weighted by Crippen LogP contribution is 2.19. The smallest absolute Gasteiger partial charge is 0.331 e. The number of nitrogens with zero attached hydrogens (tertiary/aromatic N) is 1. The molecule has 33 heavy (non-hydrogen) atoms. The zero-order valence-electron chi connectivity index (χ0n) is 19.1. The number of hydrogen-bond donors (Lipinski definition) is 0. The van der Waals surface area contributed by atoms with Crippen LogP contribution in [-0.4, -0.2) is 37.5 Å². The second-order valence-electron chi connectivity index (χ2n) is 8.68. The molecule has 0 saturated heterocycles. The minimum absolute atomic E-state index is 0.00923. The first-order valence-electron chi connectivity index (χ1n) is 10.8. The predicted molar refractivity (Wildman–Crippen MR) is 131 cm³/mol. The van der Waals surface area contributed by atoms with E-state index in [0.717, 1.165) is 11.1 Å². The number of sulfone groups is 1. The van der Waals surface area contributed by atoms with E-state index >= 15 is 0 Å². The van der Waals surface area contributed by atoms with Crippen molar-refractivity contribution in [3.63, 3.8) is 0 Å². The second-order valence-corrected chi connectivity index (χ2v) is 10.8. The molecule has 3 aromatic carbocycles. The van der Waals surface area contributed by atoms with Crippen molar-refractivity contribution in [3.05, 3.63) is 102 Å². The lowest BCUT2D eigenvalue weighted by Crippen LogP contribution is -2.33. The summed E-state index contributed by atoms with van der Waals surface area (Å²) < 4.78 is 31.3. The van der Waals surface area contributed by atoms with E-state index in [2.05, 4.69) is 0 Å². The van der Waals surface area contributed by atoms with E-state index in [0.29, 0.717) is 5.71 Å². The summed E-state index contributed by atoms with van der Waals surface area (Å²) in [7, 11) is -3.57. The highest BCUT2D eigenvalue weighted by molar-refractivity contribution is 7.91. The third-order valence-corrected chi connectivity index (χ3v) is 6.58. The molecule has 0 aliphatic rings. The van der Waals surface area contributed by atoms with E-state index in [1.54, 1.807) is 51.1 Å². The van der Waals surface area contributed by atoms with Gasteiger partial charge in [-0.3, -0.25) is 4.99 Å². The maximum atomic E-state index is 13.1. The highest BCUT2D eigenvalue weighted by atomic mass is 32.2. The first kappa shape index (κ1) is 24.4. The number of rotatable bonds is 8. The van der Waals surface area contributed by atoms with Crippen molar-refractivity contribution < 1.29 is 17.9 Å². The molecule has 0 bridgehead atoms. The summed E-state index contributed by atoms with van der Waals surface area (Å²) >= 11 is 0. The lowest BCUT2D eigenvalue weighted by Gasteiger charge is -2.23. The molecule has 0 aromatic heterocycles. The van der Waals surface area contributed by atoms with Crippen LogP contribution in [0.2, 0.25) is 0 Å². The summed E-state index contributed by atoms with van der Waals surface area (Å²) in [5, 5.41) is 0. The van der Waals surface area contributed by atoms with Gasteiger partial charge in [0, 0.05) is 11.1 Å². The zero-order valence-corrected chi connectivity index (χ0v) is 20.0. The maximum Gasteiger partial charge on any atom is 0.331 e. The van der Waals surface area contributed by atoms with Crippen LogP contribution in [0.25, 0.3) is 0 Å². The maximum absolute atomic E-state index is 13.1. The van der Waals surface area contributed by atoms with Gasteiger partial charge in [0.05, 0.1) is 16.4 Å². The molecule has 0 amide bonds. The molecule has 172 valence electrons. The number of aliphatic imine (C=N–C) groups is 1. The topological polar surface area (TPSA) is 72.8 Å². The first-order valence-corrected chi connectivity index (χ1v) is 12.5. The Morgan fingerprint density at radius 1 is 0.818 bits per heavy atom. The zero-order chi connectivity index (χ0) is 23.9. The molecule has 6 heteroatoms. The van der Waals surface area contributed by atoms with Crippen LogP contribution >= 0.6 is 0 Å². The van der Waals surface area contributed by atoms with Crippen molar-refractivity contribution >= 4 is 21.5 Å². The second kappa shape index (κ2) is 10.6. The van der Waals surface area contributed by atoms with Gasteiger partial charge in [0.25, 0.3) is 0 Å². The molecule has 0 saturated carbocycles. The lowest BCUT2D eigenvalue weighted by atomic mass is 10.0. The van der Waals surface area contributed by atoms with Crippen LogP contribution in [-0.2, 0) is 19.4 Å². The van der Waals surface area contributed by atoms with E-state index in [9.17, 15) is 13.2 Å². The van der Waals surface area contributed by atoms with Gasteiger partial charge >= 0.3 is 5.97 Å². The molecule has 0 N–H and O–H groups in total. The van der Waals surface area contributed by atoms with Crippen LogP contribution in [0.4, 0.5) is 0 Å². The number of hydrogen-bond acceptors (Lipinski definition) is 5. The third kappa shape index (κ3) is 7.12. The lowest BCUT2D eigenvalue weighted by molar-refractivity contribution is -0.156. The number of esters is 1. The minimum Gasteiger partial charge on any atom is -0.458 e. The van der Waals surface area contributed by atoms with Crippen molar-refractivity contribution in [1.82, 2.24) is 0 Å². The molecule has 5 nitrogen and oxygen atoms in total. The van der Waals surface area contributed by atoms with Gasteiger partial charge in [0.1, 0.15) is 11.6 Å². The number of carbonyl (C=O) groups excluding carboxylic acids is 1. The van der Waals surface area contributed by atoms with Crippen molar-refractivity contribution in [2.24, 2.45) is 4.99 Å². The molecule has 3 aromatic rings. The van der Waals surface area contributed by atoms with Crippen LogP contribution in [0, 0.1) is 0 Å². The highest BCUT2D eigenvalue weighted by Gasteiger charge is 2.28. The molecule has 0 radical (unpaired) electrons. The molecule has 1 atom stereocenters. The Balaban J connectivity index is 2.00. The fourth-order valence-corrected chi connectivity index (χ4v) is 4.62. The standard InChI is InChI=1S/C27H29NO4S/c1-27(2,3)32-26(29)24(19-20-33(30,31)23-17-11-6-12-18-23)28-25(21-13-7-4-8-14-21)22-15-9-5-10-16-22/h4-18,24H,19-20H2,1-3H3. The molecular formula is C27H29NO4S. The Bertz CT molecular complexity index is 1140. The van der Waals surface area contributed by atoms with Gasteiger partial charge < -0.3 is 4.74 Å². The Kier molecular flexibility index (Phi) is 7.82. The monoisotopic (exact) mass is 463 g/mol. The van der Waals surface area contributed by atoms with Crippen LogP contribution < -0.4 is 0 Å². The molecule has 0 heterocycles. The Hall–Kier alpha value is -3.25. The first-order chi connectivity index (χ1) is 15.7. The molecule has 0 spiro atoms. The van der Waals surface area contributed by atoms with Gasteiger partial charge in [-0.15, -0.1) is 0 Å². The SMILES string of the molecule is CC(C)(C)OC(=O)C(CCS(=O)(=O)c1ccccc1)N=C(c1ccccc1)c1ccccc1. The normalized spacial score (nSPS) is 12.6. The van der Waals surface area contributed by atoms with Crippen molar-refractivity contribution in [3.8, 4) is 0 Å². The van der Waals surface area contributed by atoms with E-state index in [1.807, 2.05) is 60.7 Å². The van der Waals surface area contributed by atoms with Crippen LogP contribution in [0.3, 0.4) is 0 Å². The number of carbonyl (C=O) groups is 1. The third-order valence-electron chi connectivity index (χ3n) is 4.82.